The van der Waals surface area contributed by atoms with E-state index in [-0.39, 0.29) is 26.6 Å². The average Bonchev–Trinajstić information content (AvgIpc) is 3.20. The van der Waals surface area contributed by atoms with E-state index in [0.29, 0.717) is 10.6 Å². The van der Waals surface area contributed by atoms with E-state index in [2.05, 4.69) is 10.3 Å². The third kappa shape index (κ3) is 4.12. The van der Waals surface area contributed by atoms with E-state index in [4.69, 9.17) is 0 Å². The summed E-state index contributed by atoms with van der Waals surface area (Å²) in [6.45, 7) is 2.94. The highest BCUT2D eigenvalue weighted by molar-refractivity contribution is 7.81. The van der Waals surface area contributed by atoms with Crippen LogP contribution in [-0.4, -0.2) is 30.7 Å². The molecule has 28 heavy (non-hydrogen) atoms. The summed E-state index contributed by atoms with van der Waals surface area (Å²) in [6, 6.07) is 10.7. The zero-order chi connectivity index (χ0) is 20.4. The number of thiophene rings is 1. The van der Waals surface area contributed by atoms with Crippen molar-refractivity contribution in [1.82, 2.24) is 4.98 Å². The van der Waals surface area contributed by atoms with E-state index in [1.165, 1.54) is 6.92 Å². The summed E-state index contributed by atoms with van der Waals surface area (Å²) in [7, 11) is 0. The second kappa shape index (κ2) is 8.19. The zero-order valence-corrected chi connectivity index (χ0v) is 17.2. The van der Waals surface area contributed by atoms with Gasteiger partial charge in [0.1, 0.15) is 9.88 Å². The Morgan fingerprint density at radius 1 is 1.21 bits per heavy atom. The maximum atomic E-state index is 12.1. The number of aromatic carboxylic acids is 1. The van der Waals surface area contributed by atoms with Crippen LogP contribution in [0.25, 0.3) is 10.4 Å². The van der Waals surface area contributed by atoms with E-state index < -0.39 is 17.2 Å². The van der Waals surface area contributed by atoms with Gasteiger partial charge < -0.3 is 10.4 Å². The summed E-state index contributed by atoms with van der Waals surface area (Å²) in [6.07, 6.45) is 0. The third-order valence-corrected chi connectivity index (χ3v) is 6.61. The fourth-order valence-corrected chi connectivity index (χ4v) is 5.34. The lowest BCUT2D eigenvalue weighted by Gasteiger charge is -2.17. The smallest absolute Gasteiger partial charge is 0.348 e. The number of thiazole rings is 1. The van der Waals surface area contributed by atoms with Crippen LogP contribution in [0.15, 0.2) is 36.4 Å². The quantitative estimate of drug-likeness (QED) is 0.499. The molecule has 0 radical (unpaired) electrons. The van der Waals surface area contributed by atoms with Crippen LogP contribution in [0.3, 0.4) is 0 Å². The Bertz CT molecular complexity index is 1060. The Hall–Kier alpha value is -2.60. The molecule has 2 heterocycles. The van der Waals surface area contributed by atoms with E-state index in [1.54, 1.807) is 13.0 Å². The highest BCUT2D eigenvalue weighted by atomic mass is 32.2. The first-order valence-corrected chi connectivity index (χ1v) is 10.6. The summed E-state index contributed by atoms with van der Waals surface area (Å²) >= 11 is -0.552. The molecule has 2 aromatic heterocycles. The molecule has 0 saturated carbocycles. The molecule has 8 nitrogen and oxygen atoms in total. The third-order valence-electron chi connectivity index (χ3n) is 3.58. The van der Waals surface area contributed by atoms with Crippen LogP contribution in [-0.2, 0) is 16.1 Å². The lowest BCUT2D eigenvalue weighted by atomic mass is 10.2. The molecule has 0 aliphatic heterocycles. The van der Waals surface area contributed by atoms with Crippen molar-refractivity contribution in [3.05, 3.63) is 47.0 Å². The number of carboxylic acids is 1. The highest BCUT2D eigenvalue weighted by Crippen LogP contribution is 2.43. The number of anilines is 3. The van der Waals surface area contributed by atoms with Gasteiger partial charge in [-0.15, -0.1) is 11.3 Å². The molecule has 0 spiro atoms. The molecule has 3 aromatic rings. The molecule has 0 saturated heterocycles. The molecule has 1 amide bonds. The van der Waals surface area contributed by atoms with E-state index in [1.807, 2.05) is 30.3 Å². The van der Waals surface area contributed by atoms with Crippen molar-refractivity contribution in [3.63, 3.8) is 0 Å². The Labute approximate surface area is 170 Å². The van der Waals surface area contributed by atoms with Gasteiger partial charge in [-0.05, 0) is 18.6 Å². The summed E-state index contributed by atoms with van der Waals surface area (Å²) in [5.74, 6) is -1.54. The Morgan fingerprint density at radius 3 is 2.46 bits per heavy atom. The first-order valence-electron chi connectivity index (χ1n) is 7.86. The van der Waals surface area contributed by atoms with Gasteiger partial charge in [0.05, 0.1) is 11.4 Å². The minimum absolute atomic E-state index is 0.0740. The van der Waals surface area contributed by atoms with Crippen molar-refractivity contribution in [3.8, 4) is 10.4 Å². The van der Waals surface area contributed by atoms with Gasteiger partial charge in [-0.2, -0.15) is 0 Å². The van der Waals surface area contributed by atoms with Gasteiger partial charge in [-0.1, -0.05) is 41.7 Å². The van der Waals surface area contributed by atoms with E-state index in [0.717, 1.165) is 32.5 Å². The lowest BCUT2D eigenvalue weighted by molar-refractivity contribution is -0.114. The fraction of sp³-hybridized carbons (Fsp3) is 0.118. The molecule has 0 fully saturated rings. The number of hydrogen-bond acceptors (Lipinski definition) is 6. The van der Waals surface area contributed by atoms with Crippen LogP contribution >= 0.6 is 22.7 Å². The predicted molar refractivity (Wildman–Crippen MR) is 111 cm³/mol. The van der Waals surface area contributed by atoms with Crippen molar-refractivity contribution >= 4 is 61.6 Å². The Balaban J connectivity index is 2.14. The maximum Gasteiger partial charge on any atom is 0.348 e. The summed E-state index contributed by atoms with van der Waals surface area (Å²) in [5, 5.41) is 12.7. The van der Waals surface area contributed by atoms with Crippen LogP contribution in [0, 0.1) is 6.92 Å². The number of rotatable bonds is 6. The second-order valence-corrected chi connectivity index (χ2v) is 8.47. The number of aromatic nitrogens is 1. The highest BCUT2D eigenvalue weighted by Gasteiger charge is 2.28. The van der Waals surface area contributed by atoms with Gasteiger partial charge >= 0.3 is 5.97 Å². The number of amides is 1. The molecule has 11 heteroatoms. The SMILES string of the molecule is CC(=O)Nc1nc(C)c(N(c2cc(-c3ccccc3)sc2C(=O)O)S(=O)O)s1. The number of carboxylic acid groups (broad SMARTS) is 1. The van der Waals surface area contributed by atoms with Gasteiger partial charge in [-0.3, -0.25) is 9.35 Å². The number of aryl methyl sites for hydroxylation is 1. The van der Waals surface area contributed by atoms with Crippen molar-refractivity contribution < 1.29 is 23.5 Å². The number of hydrogen-bond donors (Lipinski definition) is 3. The second-order valence-electron chi connectivity index (χ2n) is 5.61. The first-order chi connectivity index (χ1) is 13.3. The molecule has 1 atom stereocenters. The number of carbonyl (C=O) groups is 2. The van der Waals surface area contributed by atoms with Crippen LogP contribution < -0.4 is 9.62 Å². The predicted octanol–water partition coefficient (Wildman–Crippen LogP) is 4.11. The molecule has 1 aromatic carbocycles. The molecule has 0 aliphatic carbocycles. The molecule has 0 aliphatic rings. The molecule has 3 N–H and O–H groups in total. The minimum Gasteiger partial charge on any atom is -0.477 e. The standard InChI is InChI=1S/C17H15N3O5S3/c1-9-15(27-17(18-9)19-10(2)21)20(28(24)25)12-8-13(26-14(12)16(22)23)11-6-4-3-5-7-11/h3-8H,1-2H3,(H,22,23)(H,24,25)(H,18,19,21). The fourth-order valence-electron chi connectivity index (χ4n) is 2.48. The van der Waals surface area contributed by atoms with E-state index in [9.17, 15) is 23.5 Å². The summed E-state index contributed by atoms with van der Waals surface area (Å²) < 4.78 is 23.1. The van der Waals surface area contributed by atoms with Crippen molar-refractivity contribution in [2.75, 3.05) is 9.62 Å². The topological polar surface area (TPSA) is 120 Å². The number of benzene rings is 1. The van der Waals surface area contributed by atoms with E-state index >= 15 is 0 Å². The van der Waals surface area contributed by atoms with Crippen LogP contribution in [0.4, 0.5) is 15.8 Å². The largest absolute Gasteiger partial charge is 0.477 e. The summed E-state index contributed by atoms with van der Waals surface area (Å²) in [4.78, 5) is 27.8. The molecule has 0 bridgehead atoms. The maximum absolute atomic E-state index is 12.1. The Morgan fingerprint density at radius 2 is 1.89 bits per heavy atom. The van der Waals surface area contributed by atoms with Crippen LogP contribution in [0.5, 0.6) is 0 Å². The molecule has 146 valence electrons. The van der Waals surface area contributed by atoms with Crippen LogP contribution in [0.1, 0.15) is 22.3 Å². The minimum atomic E-state index is -2.55. The van der Waals surface area contributed by atoms with Crippen molar-refractivity contribution in [2.45, 2.75) is 13.8 Å². The number of nitrogens with one attached hydrogen (secondary N) is 1. The van der Waals surface area contributed by atoms with Gasteiger partial charge in [0.25, 0.3) is 11.3 Å². The number of carbonyl (C=O) groups excluding carboxylic acids is 1. The molecule has 1 unspecified atom stereocenters. The lowest BCUT2D eigenvalue weighted by Crippen LogP contribution is -2.20. The molecular formula is C17H15N3O5S3. The van der Waals surface area contributed by atoms with Gasteiger partial charge in [0.15, 0.2) is 5.13 Å². The zero-order valence-electron chi connectivity index (χ0n) is 14.7. The molecular weight excluding hydrogens is 422 g/mol. The summed E-state index contributed by atoms with van der Waals surface area (Å²) in [5.41, 5.74) is 1.27. The monoisotopic (exact) mass is 437 g/mol. The van der Waals surface area contributed by atoms with Gasteiger partial charge in [-0.25, -0.2) is 18.3 Å². The first kappa shape index (κ1) is 20.1. The molecule has 3 rings (SSSR count). The van der Waals surface area contributed by atoms with Crippen molar-refractivity contribution in [1.29, 1.82) is 0 Å². The van der Waals surface area contributed by atoms with Gasteiger partial charge in [0.2, 0.25) is 5.91 Å². The van der Waals surface area contributed by atoms with Crippen molar-refractivity contribution in [2.24, 2.45) is 0 Å². The number of nitrogens with zero attached hydrogens (tertiary/aromatic N) is 2. The van der Waals surface area contributed by atoms with Gasteiger partial charge in [0, 0.05) is 11.8 Å². The Kier molecular flexibility index (Phi) is 5.89. The normalized spacial score (nSPS) is 11.8. The average molecular weight is 438 g/mol. The van der Waals surface area contributed by atoms with Crippen LogP contribution in [0.2, 0.25) is 0 Å².